The number of benzene rings is 3. The smallest absolute Gasteiger partial charge is 0.271 e. The fourth-order valence-corrected chi connectivity index (χ4v) is 3.81. The lowest BCUT2D eigenvalue weighted by atomic mass is 10.1. The summed E-state index contributed by atoms with van der Waals surface area (Å²) >= 11 is 0. The topological polar surface area (TPSA) is 59.8 Å². The van der Waals surface area contributed by atoms with E-state index in [0.29, 0.717) is 12.2 Å². The molecule has 152 valence electrons. The minimum atomic E-state index is -0.397. The van der Waals surface area contributed by atoms with Crippen molar-refractivity contribution in [2.45, 2.75) is 12.6 Å². The number of imidazole rings is 1. The first kappa shape index (κ1) is 18.9. The quantitative estimate of drug-likeness (QED) is 0.449. The van der Waals surface area contributed by atoms with E-state index in [2.05, 4.69) is 15.3 Å². The second-order valence-electron chi connectivity index (χ2n) is 7.34. The van der Waals surface area contributed by atoms with E-state index in [1.807, 2.05) is 59.2 Å². The number of para-hydroxylation sites is 2. The number of amides is 1. The molecule has 0 bridgehead atoms. The van der Waals surface area contributed by atoms with Crippen molar-refractivity contribution in [2.24, 2.45) is 0 Å². The molecule has 3 aromatic carbocycles. The number of nitrogens with zero attached hydrogens (tertiary/aromatic N) is 3. The summed E-state index contributed by atoms with van der Waals surface area (Å²) in [5, 5.41) is 4.82. The molecule has 0 radical (unpaired) electrons. The summed E-state index contributed by atoms with van der Waals surface area (Å²) < 4.78 is 15.5. The van der Waals surface area contributed by atoms with Crippen LogP contribution in [0.1, 0.15) is 22.1 Å². The molecule has 0 aliphatic carbocycles. The summed E-state index contributed by atoms with van der Waals surface area (Å²) in [6, 6.07) is 23.1. The molecule has 0 spiro atoms. The third-order valence-corrected chi connectivity index (χ3v) is 5.37. The molecule has 2 aromatic heterocycles. The molecule has 1 N–H and O–H groups in total. The normalized spacial score (nSPS) is 12.2. The van der Waals surface area contributed by atoms with Crippen LogP contribution in [0.25, 0.3) is 21.8 Å². The highest BCUT2D eigenvalue weighted by molar-refractivity contribution is 6.05. The van der Waals surface area contributed by atoms with Crippen LogP contribution >= 0.6 is 0 Å². The first-order valence-electron chi connectivity index (χ1n) is 9.99. The Morgan fingerprint density at radius 3 is 2.58 bits per heavy atom. The van der Waals surface area contributed by atoms with Gasteiger partial charge < -0.3 is 9.88 Å². The van der Waals surface area contributed by atoms with Gasteiger partial charge in [0.15, 0.2) is 0 Å². The highest BCUT2D eigenvalue weighted by Gasteiger charge is 2.20. The maximum absolute atomic E-state index is 13.5. The van der Waals surface area contributed by atoms with Gasteiger partial charge in [-0.2, -0.15) is 0 Å². The van der Waals surface area contributed by atoms with E-state index in [-0.39, 0.29) is 11.7 Å². The number of pyridine rings is 1. The largest absolute Gasteiger partial charge is 0.342 e. The Morgan fingerprint density at radius 1 is 0.935 bits per heavy atom. The first-order chi connectivity index (χ1) is 15.2. The van der Waals surface area contributed by atoms with Gasteiger partial charge in [0.25, 0.3) is 5.91 Å². The van der Waals surface area contributed by atoms with Crippen molar-refractivity contribution in [1.82, 2.24) is 19.9 Å². The predicted molar refractivity (Wildman–Crippen MR) is 118 cm³/mol. The minimum Gasteiger partial charge on any atom is -0.342 e. The second kappa shape index (κ2) is 7.99. The molecular weight excluding hydrogens is 391 g/mol. The maximum atomic E-state index is 13.5. The van der Waals surface area contributed by atoms with E-state index < -0.39 is 6.04 Å². The summed E-state index contributed by atoms with van der Waals surface area (Å²) in [4.78, 5) is 22.0. The number of halogens is 1. The summed E-state index contributed by atoms with van der Waals surface area (Å²) in [6.07, 6.45) is 3.39. The van der Waals surface area contributed by atoms with Gasteiger partial charge in [0.1, 0.15) is 11.5 Å². The Bertz CT molecular complexity index is 1370. The average Bonchev–Trinajstić information content (AvgIpc) is 3.21. The van der Waals surface area contributed by atoms with Crippen molar-refractivity contribution in [3.8, 4) is 0 Å². The van der Waals surface area contributed by atoms with Gasteiger partial charge >= 0.3 is 0 Å². The minimum absolute atomic E-state index is 0.282. The maximum Gasteiger partial charge on any atom is 0.271 e. The summed E-state index contributed by atoms with van der Waals surface area (Å²) in [5.41, 5.74) is 3.00. The molecule has 2 heterocycles. The van der Waals surface area contributed by atoms with Crippen molar-refractivity contribution in [2.75, 3.05) is 0 Å². The second-order valence-corrected chi connectivity index (χ2v) is 7.34. The van der Waals surface area contributed by atoms with Gasteiger partial charge in [-0.1, -0.05) is 48.5 Å². The number of hydrogen-bond acceptors (Lipinski definition) is 3. The van der Waals surface area contributed by atoms with Crippen LogP contribution in [0.3, 0.4) is 0 Å². The Hall–Kier alpha value is -4.06. The van der Waals surface area contributed by atoms with Crippen LogP contribution in [0.2, 0.25) is 0 Å². The van der Waals surface area contributed by atoms with Crippen molar-refractivity contribution in [3.63, 3.8) is 0 Å². The number of carbonyl (C=O) groups is 1. The first-order valence-corrected chi connectivity index (χ1v) is 9.99. The molecule has 1 unspecified atom stereocenters. The van der Waals surface area contributed by atoms with E-state index in [9.17, 15) is 9.18 Å². The van der Waals surface area contributed by atoms with Crippen LogP contribution in [0.15, 0.2) is 91.4 Å². The average molecular weight is 410 g/mol. The molecular formula is C25H19FN4O. The molecule has 0 fully saturated rings. The van der Waals surface area contributed by atoms with Crippen molar-refractivity contribution < 1.29 is 9.18 Å². The zero-order valence-electron chi connectivity index (χ0n) is 16.6. The van der Waals surface area contributed by atoms with Crippen LogP contribution in [0, 0.1) is 5.82 Å². The molecule has 0 saturated carbocycles. The van der Waals surface area contributed by atoms with Gasteiger partial charge in [-0.15, -0.1) is 0 Å². The number of aromatic nitrogens is 3. The number of carbonyl (C=O) groups excluding carboxylic acids is 1. The van der Waals surface area contributed by atoms with Gasteiger partial charge in [0.05, 0.1) is 23.4 Å². The van der Waals surface area contributed by atoms with Gasteiger partial charge in [-0.05, 0) is 41.3 Å². The number of rotatable bonds is 5. The number of nitrogens with one attached hydrogen (secondary N) is 1. The van der Waals surface area contributed by atoms with E-state index >= 15 is 0 Å². The molecule has 5 aromatic rings. The van der Waals surface area contributed by atoms with Gasteiger partial charge in [0.2, 0.25) is 0 Å². The SMILES string of the molecule is O=C(NC(Cn1cnc2ccccc21)c1ccc(F)cc1)c1nccc2ccccc12. The molecule has 31 heavy (non-hydrogen) atoms. The number of hydrogen-bond donors (Lipinski definition) is 1. The number of fused-ring (bicyclic) bond motifs is 2. The Balaban J connectivity index is 1.51. The molecule has 0 saturated heterocycles. The highest BCUT2D eigenvalue weighted by atomic mass is 19.1. The lowest BCUT2D eigenvalue weighted by Gasteiger charge is -2.20. The van der Waals surface area contributed by atoms with E-state index in [4.69, 9.17) is 0 Å². The fraction of sp³-hybridized carbons (Fsp3) is 0.0800. The van der Waals surface area contributed by atoms with Gasteiger partial charge in [-0.3, -0.25) is 9.78 Å². The van der Waals surface area contributed by atoms with Crippen molar-refractivity contribution in [1.29, 1.82) is 0 Å². The Labute approximate surface area is 178 Å². The zero-order valence-corrected chi connectivity index (χ0v) is 16.6. The highest BCUT2D eigenvalue weighted by Crippen LogP contribution is 2.22. The van der Waals surface area contributed by atoms with Crippen LogP contribution in [0.4, 0.5) is 4.39 Å². The van der Waals surface area contributed by atoms with Crippen LogP contribution < -0.4 is 5.32 Å². The lowest BCUT2D eigenvalue weighted by molar-refractivity contribution is 0.0929. The van der Waals surface area contributed by atoms with E-state index in [1.54, 1.807) is 24.7 Å². The van der Waals surface area contributed by atoms with Gasteiger partial charge in [0, 0.05) is 18.1 Å². The standard InChI is InChI=1S/C25H19FN4O/c26-19-11-9-18(10-12-19)22(15-30-16-28-21-7-3-4-8-23(21)30)29-25(31)24-20-6-2-1-5-17(20)13-14-27-24/h1-14,16,22H,15H2,(H,29,31). The summed E-state index contributed by atoms with van der Waals surface area (Å²) in [7, 11) is 0. The molecule has 5 rings (SSSR count). The molecule has 1 atom stereocenters. The van der Waals surface area contributed by atoms with E-state index in [1.165, 1.54) is 12.1 Å². The van der Waals surface area contributed by atoms with Crippen LogP contribution in [-0.4, -0.2) is 20.4 Å². The zero-order chi connectivity index (χ0) is 21.2. The third-order valence-electron chi connectivity index (χ3n) is 5.37. The summed E-state index contributed by atoms with van der Waals surface area (Å²) in [5.74, 6) is -0.604. The van der Waals surface area contributed by atoms with Crippen molar-refractivity contribution >= 4 is 27.7 Å². The fourth-order valence-electron chi connectivity index (χ4n) is 3.81. The molecule has 0 aliphatic rings. The Morgan fingerprint density at radius 2 is 1.71 bits per heavy atom. The Kier molecular flexibility index (Phi) is 4.88. The molecule has 6 heteroatoms. The van der Waals surface area contributed by atoms with Crippen LogP contribution in [0.5, 0.6) is 0 Å². The van der Waals surface area contributed by atoms with Crippen LogP contribution in [-0.2, 0) is 6.54 Å². The van der Waals surface area contributed by atoms with E-state index in [0.717, 1.165) is 27.4 Å². The lowest BCUT2D eigenvalue weighted by Crippen LogP contribution is -2.32. The monoisotopic (exact) mass is 410 g/mol. The van der Waals surface area contributed by atoms with Crippen molar-refractivity contribution in [3.05, 3.63) is 108 Å². The summed E-state index contributed by atoms with van der Waals surface area (Å²) in [6.45, 7) is 0.447. The molecule has 5 nitrogen and oxygen atoms in total. The predicted octanol–water partition coefficient (Wildman–Crippen LogP) is 4.89. The molecule has 0 aliphatic heterocycles. The molecule has 1 amide bonds. The van der Waals surface area contributed by atoms with Gasteiger partial charge in [-0.25, -0.2) is 9.37 Å². The third kappa shape index (κ3) is 3.75.